The van der Waals surface area contributed by atoms with Crippen molar-refractivity contribution >= 4 is 5.78 Å². The predicted octanol–water partition coefficient (Wildman–Crippen LogP) is 3.88. The topological polar surface area (TPSA) is 26.3 Å². The lowest BCUT2D eigenvalue weighted by Gasteiger charge is -2.07. The van der Waals surface area contributed by atoms with E-state index in [4.69, 9.17) is 4.74 Å². The van der Waals surface area contributed by atoms with Crippen LogP contribution in [0.25, 0.3) is 0 Å². The van der Waals surface area contributed by atoms with Gasteiger partial charge in [0.2, 0.25) is 0 Å². The van der Waals surface area contributed by atoms with Gasteiger partial charge in [-0.05, 0) is 37.1 Å². The molecule has 0 aromatic heterocycles. The van der Waals surface area contributed by atoms with E-state index in [2.05, 4.69) is 0 Å². The van der Waals surface area contributed by atoms with Gasteiger partial charge < -0.3 is 4.74 Å². The van der Waals surface area contributed by atoms with Crippen molar-refractivity contribution in [3.63, 3.8) is 0 Å². The molecule has 0 unspecified atom stereocenters. The Morgan fingerprint density at radius 3 is 2.52 bits per heavy atom. The van der Waals surface area contributed by atoms with E-state index >= 15 is 0 Å². The fourth-order valence-electron chi connectivity index (χ4n) is 1.95. The Balaban J connectivity index is 1.92. The number of carbonyl (C=O) groups excluding carboxylic acids is 1. The first-order chi connectivity index (χ1) is 10.1. The highest BCUT2D eigenvalue weighted by Crippen LogP contribution is 2.28. The third-order valence-electron chi connectivity index (χ3n) is 3.20. The monoisotopic (exact) mass is 292 g/mol. The van der Waals surface area contributed by atoms with E-state index in [0.717, 1.165) is 25.0 Å². The number of hydrogen-bond acceptors (Lipinski definition) is 2. The highest BCUT2D eigenvalue weighted by molar-refractivity contribution is 6.09. The summed E-state index contributed by atoms with van der Waals surface area (Å²) in [5.41, 5.74) is -0.337. The van der Waals surface area contributed by atoms with Crippen LogP contribution < -0.4 is 4.74 Å². The number of benzene rings is 2. The van der Waals surface area contributed by atoms with Gasteiger partial charge in [0.25, 0.3) is 0 Å². The van der Waals surface area contributed by atoms with Gasteiger partial charge in [0, 0.05) is 5.56 Å². The molecule has 1 fully saturated rings. The zero-order chi connectivity index (χ0) is 15.0. The molecule has 0 amide bonds. The molecule has 0 aliphatic heterocycles. The van der Waals surface area contributed by atoms with E-state index in [9.17, 15) is 18.0 Å². The third-order valence-corrected chi connectivity index (χ3v) is 3.20. The Morgan fingerprint density at radius 2 is 1.81 bits per heavy atom. The Labute approximate surface area is 119 Å². The zero-order valence-corrected chi connectivity index (χ0v) is 10.9. The molecule has 5 heteroatoms. The van der Waals surface area contributed by atoms with Crippen LogP contribution in [0.5, 0.6) is 5.75 Å². The first kappa shape index (κ1) is 13.7. The van der Waals surface area contributed by atoms with Gasteiger partial charge >= 0.3 is 0 Å². The minimum Gasteiger partial charge on any atom is -0.490 e. The maximum Gasteiger partial charge on any atom is 0.196 e. The van der Waals surface area contributed by atoms with Crippen LogP contribution in [-0.4, -0.2) is 11.9 Å². The molecule has 0 heterocycles. The summed E-state index contributed by atoms with van der Waals surface area (Å²) in [5, 5.41) is 0. The molecule has 0 bridgehead atoms. The van der Waals surface area contributed by atoms with Gasteiger partial charge in [0.05, 0.1) is 11.7 Å². The SMILES string of the molecule is O=C(c1cccc(OC2CC2)c1)c1ccc(F)c(F)c1F. The van der Waals surface area contributed by atoms with Crippen molar-refractivity contribution in [2.45, 2.75) is 18.9 Å². The first-order valence-electron chi connectivity index (χ1n) is 6.51. The Morgan fingerprint density at radius 1 is 1.05 bits per heavy atom. The average Bonchev–Trinajstić information content (AvgIpc) is 3.29. The summed E-state index contributed by atoms with van der Waals surface area (Å²) in [6, 6.07) is 7.91. The number of ketones is 1. The fraction of sp³-hybridized carbons (Fsp3) is 0.188. The van der Waals surface area contributed by atoms with Crippen LogP contribution in [0.15, 0.2) is 36.4 Å². The first-order valence-corrected chi connectivity index (χ1v) is 6.51. The van der Waals surface area contributed by atoms with Crippen molar-refractivity contribution in [2.24, 2.45) is 0 Å². The van der Waals surface area contributed by atoms with Crippen molar-refractivity contribution in [1.82, 2.24) is 0 Å². The molecule has 2 aromatic rings. The second-order valence-corrected chi connectivity index (χ2v) is 4.90. The number of halogens is 3. The minimum atomic E-state index is -1.65. The van der Waals surface area contributed by atoms with Crippen LogP contribution in [0.1, 0.15) is 28.8 Å². The third kappa shape index (κ3) is 2.77. The molecule has 1 aliphatic carbocycles. The van der Waals surface area contributed by atoms with Crippen LogP contribution in [0.3, 0.4) is 0 Å². The van der Waals surface area contributed by atoms with E-state index in [-0.39, 0.29) is 11.7 Å². The molecule has 0 atom stereocenters. The van der Waals surface area contributed by atoms with E-state index in [1.807, 2.05) is 0 Å². The molecular weight excluding hydrogens is 281 g/mol. The fourth-order valence-corrected chi connectivity index (χ4v) is 1.95. The van der Waals surface area contributed by atoms with E-state index < -0.39 is 28.8 Å². The van der Waals surface area contributed by atoms with Crippen molar-refractivity contribution in [1.29, 1.82) is 0 Å². The number of rotatable bonds is 4. The molecule has 2 nitrogen and oxygen atoms in total. The Bertz CT molecular complexity index is 709. The van der Waals surface area contributed by atoms with Gasteiger partial charge in [-0.25, -0.2) is 13.2 Å². The second-order valence-electron chi connectivity index (χ2n) is 4.90. The lowest BCUT2D eigenvalue weighted by Crippen LogP contribution is -2.07. The predicted molar refractivity (Wildman–Crippen MR) is 69.8 cm³/mol. The molecule has 108 valence electrons. The smallest absolute Gasteiger partial charge is 0.196 e. The normalized spacial score (nSPS) is 14.0. The van der Waals surface area contributed by atoms with Crippen molar-refractivity contribution in [3.8, 4) is 5.75 Å². The molecule has 0 radical (unpaired) electrons. The maximum atomic E-state index is 13.7. The molecule has 0 spiro atoms. The lowest BCUT2D eigenvalue weighted by atomic mass is 10.0. The standard InChI is InChI=1S/C16H11F3O2/c17-13-7-6-12(14(18)15(13)19)16(20)9-2-1-3-11(8-9)21-10-4-5-10/h1-3,6-8,10H,4-5H2. The van der Waals surface area contributed by atoms with Crippen LogP contribution in [0.4, 0.5) is 13.2 Å². The van der Waals surface area contributed by atoms with E-state index in [0.29, 0.717) is 5.75 Å². The molecule has 0 N–H and O–H groups in total. The summed E-state index contributed by atoms with van der Waals surface area (Å²) >= 11 is 0. The Hall–Kier alpha value is -2.30. The van der Waals surface area contributed by atoms with Crippen molar-refractivity contribution in [3.05, 3.63) is 65.0 Å². The summed E-state index contributed by atoms with van der Waals surface area (Å²) in [5.74, 6) is -4.66. The Kier molecular flexibility index (Phi) is 3.41. The molecule has 3 rings (SSSR count). The highest BCUT2D eigenvalue weighted by atomic mass is 19.2. The molecule has 1 aliphatic rings. The maximum absolute atomic E-state index is 13.7. The summed E-state index contributed by atoms with van der Waals surface area (Å²) in [6.07, 6.45) is 2.10. The minimum absolute atomic E-state index is 0.162. The van der Waals surface area contributed by atoms with Gasteiger partial charge in [-0.15, -0.1) is 0 Å². The van der Waals surface area contributed by atoms with Gasteiger partial charge in [-0.1, -0.05) is 12.1 Å². The van der Waals surface area contributed by atoms with Crippen LogP contribution in [-0.2, 0) is 0 Å². The van der Waals surface area contributed by atoms with Gasteiger partial charge in [-0.2, -0.15) is 0 Å². The zero-order valence-electron chi connectivity index (χ0n) is 10.9. The van der Waals surface area contributed by atoms with Crippen LogP contribution in [0, 0.1) is 17.5 Å². The molecule has 2 aromatic carbocycles. The van der Waals surface area contributed by atoms with Gasteiger partial charge in [-0.3, -0.25) is 4.79 Å². The van der Waals surface area contributed by atoms with Crippen LogP contribution in [0.2, 0.25) is 0 Å². The van der Waals surface area contributed by atoms with Crippen LogP contribution >= 0.6 is 0 Å². The van der Waals surface area contributed by atoms with Crippen molar-refractivity contribution < 1.29 is 22.7 Å². The highest BCUT2D eigenvalue weighted by Gasteiger charge is 2.24. The number of hydrogen-bond donors (Lipinski definition) is 0. The summed E-state index contributed by atoms with van der Waals surface area (Å²) < 4.78 is 45.3. The molecule has 21 heavy (non-hydrogen) atoms. The number of carbonyl (C=O) groups is 1. The van der Waals surface area contributed by atoms with Crippen molar-refractivity contribution in [2.75, 3.05) is 0 Å². The second kappa shape index (κ2) is 5.24. The summed E-state index contributed by atoms with van der Waals surface area (Å²) in [4.78, 5) is 12.2. The summed E-state index contributed by atoms with van der Waals surface area (Å²) in [6.45, 7) is 0. The van der Waals surface area contributed by atoms with Gasteiger partial charge in [0.15, 0.2) is 23.2 Å². The lowest BCUT2D eigenvalue weighted by molar-refractivity contribution is 0.103. The van der Waals surface area contributed by atoms with Gasteiger partial charge in [0.1, 0.15) is 5.75 Å². The molecule has 0 saturated heterocycles. The molecular formula is C16H11F3O2. The van der Waals surface area contributed by atoms with E-state index in [1.54, 1.807) is 12.1 Å². The summed E-state index contributed by atoms with van der Waals surface area (Å²) in [7, 11) is 0. The van der Waals surface area contributed by atoms with E-state index in [1.165, 1.54) is 12.1 Å². The largest absolute Gasteiger partial charge is 0.490 e. The number of ether oxygens (including phenoxy) is 1. The molecule has 1 saturated carbocycles. The average molecular weight is 292 g/mol. The quantitative estimate of drug-likeness (QED) is 0.631.